The Labute approximate surface area is 108 Å². The summed E-state index contributed by atoms with van der Waals surface area (Å²) in [5.41, 5.74) is 2.72. The van der Waals surface area contributed by atoms with E-state index in [9.17, 15) is 9.59 Å². The maximum atomic E-state index is 11.5. The van der Waals surface area contributed by atoms with E-state index in [0.717, 1.165) is 25.8 Å². The maximum absolute atomic E-state index is 11.5. The summed E-state index contributed by atoms with van der Waals surface area (Å²) in [6.07, 6.45) is 4.04. The molecule has 18 heavy (non-hydrogen) atoms. The van der Waals surface area contributed by atoms with Gasteiger partial charge in [-0.1, -0.05) is 6.42 Å². The standard InChI is InChI=1S/C12H24N4O2/c1-12(2,16-13)7-3-4-8-14-9-5-6-10(17)15-11(9)18/h9,14,16H,3-8,13H2,1-2H3,(H,15,17,18). The number of amides is 2. The number of carbonyl (C=O) groups excluding carboxylic acids is 2. The van der Waals surface area contributed by atoms with Gasteiger partial charge in [0.1, 0.15) is 0 Å². The van der Waals surface area contributed by atoms with Crippen molar-refractivity contribution >= 4 is 11.8 Å². The van der Waals surface area contributed by atoms with Gasteiger partial charge in [-0.2, -0.15) is 0 Å². The van der Waals surface area contributed by atoms with Crippen molar-refractivity contribution in [3.8, 4) is 0 Å². The minimum Gasteiger partial charge on any atom is -0.306 e. The number of nitrogens with two attached hydrogens (primary N) is 1. The Bertz CT molecular complexity index is 304. The molecule has 0 bridgehead atoms. The molecule has 5 N–H and O–H groups in total. The van der Waals surface area contributed by atoms with E-state index in [4.69, 9.17) is 5.84 Å². The summed E-state index contributed by atoms with van der Waals surface area (Å²) in [6, 6.07) is -0.219. The Kier molecular flexibility index (Phi) is 5.71. The van der Waals surface area contributed by atoms with E-state index in [1.807, 2.05) is 0 Å². The van der Waals surface area contributed by atoms with Crippen molar-refractivity contribution in [3.05, 3.63) is 0 Å². The molecule has 1 rings (SSSR count). The van der Waals surface area contributed by atoms with Crippen molar-refractivity contribution in [2.24, 2.45) is 5.84 Å². The Balaban J connectivity index is 2.11. The molecule has 1 aliphatic rings. The molecule has 0 aromatic rings. The van der Waals surface area contributed by atoms with Gasteiger partial charge in [0.15, 0.2) is 0 Å². The number of piperidine rings is 1. The number of nitrogens with one attached hydrogen (secondary N) is 3. The quantitative estimate of drug-likeness (QED) is 0.219. The lowest BCUT2D eigenvalue weighted by atomic mass is 9.98. The molecule has 6 heteroatoms. The molecule has 1 unspecified atom stereocenters. The van der Waals surface area contributed by atoms with Crippen LogP contribution in [0.4, 0.5) is 0 Å². The van der Waals surface area contributed by atoms with Gasteiger partial charge >= 0.3 is 0 Å². The summed E-state index contributed by atoms with van der Waals surface area (Å²) in [4.78, 5) is 22.4. The molecular formula is C12H24N4O2. The molecular weight excluding hydrogens is 232 g/mol. The lowest BCUT2D eigenvalue weighted by molar-refractivity contribution is -0.134. The Morgan fingerprint density at radius 1 is 1.39 bits per heavy atom. The molecule has 1 heterocycles. The molecule has 2 amide bonds. The summed E-state index contributed by atoms with van der Waals surface area (Å²) in [5, 5.41) is 5.52. The SMILES string of the molecule is CC(C)(CCCCNC1CCC(=O)NC1=O)NN. The van der Waals surface area contributed by atoms with Crippen molar-refractivity contribution in [3.63, 3.8) is 0 Å². The van der Waals surface area contributed by atoms with E-state index >= 15 is 0 Å². The van der Waals surface area contributed by atoms with Crippen LogP contribution in [-0.2, 0) is 9.59 Å². The van der Waals surface area contributed by atoms with Gasteiger partial charge in [0.2, 0.25) is 11.8 Å². The second-order valence-corrected chi connectivity index (χ2v) is 5.44. The van der Waals surface area contributed by atoms with Gasteiger partial charge in [-0.15, -0.1) is 0 Å². The highest BCUT2D eigenvalue weighted by atomic mass is 16.2. The predicted molar refractivity (Wildman–Crippen MR) is 69.4 cm³/mol. The summed E-state index contributed by atoms with van der Waals surface area (Å²) in [6.45, 7) is 4.90. The van der Waals surface area contributed by atoms with Crippen molar-refractivity contribution in [2.45, 2.75) is 57.5 Å². The van der Waals surface area contributed by atoms with Crippen LogP contribution in [0.3, 0.4) is 0 Å². The highest BCUT2D eigenvalue weighted by Crippen LogP contribution is 2.11. The molecule has 0 saturated carbocycles. The van der Waals surface area contributed by atoms with Crippen LogP contribution in [0.15, 0.2) is 0 Å². The van der Waals surface area contributed by atoms with Gasteiger partial charge in [0.05, 0.1) is 6.04 Å². The average Bonchev–Trinajstić information content (AvgIpc) is 2.31. The summed E-state index contributed by atoms with van der Waals surface area (Å²) in [5.74, 6) is 5.05. The summed E-state index contributed by atoms with van der Waals surface area (Å²) in [7, 11) is 0. The fraction of sp³-hybridized carbons (Fsp3) is 0.833. The highest BCUT2D eigenvalue weighted by molar-refractivity contribution is 6.00. The van der Waals surface area contributed by atoms with E-state index in [0.29, 0.717) is 12.8 Å². The first-order chi connectivity index (χ1) is 8.44. The first-order valence-corrected chi connectivity index (χ1v) is 6.49. The van der Waals surface area contributed by atoms with Gasteiger partial charge in [-0.3, -0.25) is 26.2 Å². The number of carbonyl (C=O) groups is 2. The van der Waals surface area contributed by atoms with Crippen LogP contribution in [0.25, 0.3) is 0 Å². The second kappa shape index (κ2) is 6.82. The Hall–Kier alpha value is -0.980. The third-order valence-electron chi connectivity index (χ3n) is 3.25. The van der Waals surface area contributed by atoms with E-state index in [1.165, 1.54) is 0 Å². The third-order valence-corrected chi connectivity index (χ3v) is 3.25. The lowest BCUT2D eigenvalue weighted by Gasteiger charge is -2.24. The number of hydrogen-bond acceptors (Lipinski definition) is 5. The zero-order valence-corrected chi connectivity index (χ0v) is 11.2. The summed E-state index contributed by atoms with van der Waals surface area (Å²) < 4.78 is 0. The fourth-order valence-corrected chi connectivity index (χ4v) is 1.93. The predicted octanol–water partition coefficient (Wildman–Crippen LogP) is -0.207. The number of hydrazine groups is 1. The topological polar surface area (TPSA) is 96.2 Å². The van der Waals surface area contributed by atoms with E-state index in [-0.39, 0.29) is 23.4 Å². The van der Waals surface area contributed by atoms with Crippen LogP contribution < -0.4 is 21.9 Å². The Morgan fingerprint density at radius 2 is 2.11 bits per heavy atom. The molecule has 104 valence electrons. The van der Waals surface area contributed by atoms with Crippen molar-refractivity contribution in [1.82, 2.24) is 16.1 Å². The van der Waals surface area contributed by atoms with Crippen molar-refractivity contribution in [2.75, 3.05) is 6.54 Å². The van der Waals surface area contributed by atoms with Crippen LogP contribution in [-0.4, -0.2) is 29.9 Å². The molecule has 1 aliphatic heterocycles. The van der Waals surface area contributed by atoms with Crippen LogP contribution in [0.2, 0.25) is 0 Å². The van der Waals surface area contributed by atoms with Gasteiger partial charge < -0.3 is 5.32 Å². The van der Waals surface area contributed by atoms with Crippen LogP contribution in [0.1, 0.15) is 46.0 Å². The minimum atomic E-state index is -0.219. The zero-order chi connectivity index (χ0) is 13.6. The van der Waals surface area contributed by atoms with Crippen molar-refractivity contribution in [1.29, 1.82) is 0 Å². The maximum Gasteiger partial charge on any atom is 0.243 e. The smallest absolute Gasteiger partial charge is 0.243 e. The summed E-state index contributed by atoms with van der Waals surface area (Å²) >= 11 is 0. The van der Waals surface area contributed by atoms with E-state index in [1.54, 1.807) is 0 Å². The van der Waals surface area contributed by atoms with Crippen LogP contribution in [0.5, 0.6) is 0 Å². The van der Waals surface area contributed by atoms with E-state index in [2.05, 4.69) is 29.9 Å². The van der Waals surface area contributed by atoms with Gasteiger partial charge in [-0.05, 0) is 39.7 Å². The van der Waals surface area contributed by atoms with Crippen LogP contribution in [0, 0.1) is 0 Å². The van der Waals surface area contributed by atoms with Gasteiger partial charge in [0, 0.05) is 12.0 Å². The Morgan fingerprint density at radius 3 is 2.72 bits per heavy atom. The number of rotatable bonds is 7. The van der Waals surface area contributed by atoms with Gasteiger partial charge in [-0.25, -0.2) is 0 Å². The number of imide groups is 1. The fourth-order valence-electron chi connectivity index (χ4n) is 1.93. The highest BCUT2D eigenvalue weighted by Gasteiger charge is 2.25. The molecule has 0 radical (unpaired) electrons. The van der Waals surface area contributed by atoms with E-state index < -0.39 is 0 Å². The third kappa shape index (κ3) is 5.12. The first kappa shape index (κ1) is 15.1. The normalized spacial score (nSPS) is 20.9. The monoisotopic (exact) mass is 256 g/mol. The zero-order valence-electron chi connectivity index (χ0n) is 11.2. The van der Waals surface area contributed by atoms with Crippen LogP contribution >= 0.6 is 0 Å². The molecule has 0 aromatic carbocycles. The average molecular weight is 256 g/mol. The van der Waals surface area contributed by atoms with Gasteiger partial charge in [0.25, 0.3) is 0 Å². The van der Waals surface area contributed by atoms with Crippen molar-refractivity contribution < 1.29 is 9.59 Å². The molecule has 1 atom stereocenters. The molecule has 1 fully saturated rings. The molecule has 0 aliphatic carbocycles. The first-order valence-electron chi connectivity index (χ1n) is 6.49. The molecule has 6 nitrogen and oxygen atoms in total. The number of unbranched alkanes of at least 4 members (excludes halogenated alkanes) is 1. The minimum absolute atomic E-state index is 0.0470. The molecule has 0 aromatic heterocycles. The molecule has 0 spiro atoms. The second-order valence-electron chi connectivity index (χ2n) is 5.44. The largest absolute Gasteiger partial charge is 0.306 e. The lowest BCUT2D eigenvalue weighted by Crippen LogP contribution is -2.50. The number of hydrogen-bond donors (Lipinski definition) is 4. The molecule has 1 saturated heterocycles.